The number of halogens is 1. The third-order valence-corrected chi connectivity index (χ3v) is 3.27. The molecule has 0 bridgehead atoms. The minimum Gasteiger partial charge on any atom is -0.479 e. The number of nitrogens with one attached hydrogen (secondary N) is 1. The van der Waals surface area contributed by atoms with Crippen molar-refractivity contribution in [3.63, 3.8) is 0 Å². The number of nitrogens with two attached hydrogens (primary N) is 1. The highest BCUT2D eigenvalue weighted by Crippen LogP contribution is 2.21. The smallest absolute Gasteiger partial charge is 0.238 e. The van der Waals surface area contributed by atoms with Crippen LogP contribution in [0.5, 0.6) is 5.88 Å². The van der Waals surface area contributed by atoms with Gasteiger partial charge in [0.1, 0.15) is 5.82 Å². The maximum Gasteiger partial charge on any atom is 0.238 e. The van der Waals surface area contributed by atoms with Crippen molar-refractivity contribution < 1.29 is 4.74 Å². The molecule has 1 heterocycles. The molecule has 0 amide bonds. The third-order valence-electron chi connectivity index (χ3n) is 2.50. The molecule has 2 rings (SSSR count). The second kappa shape index (κ2) is 5.73. The molecule has 0 fully saturated rings. The van der Waals surface area contributed by atoms with Crippen molar-refractivity contribution in [3.8, 4) is 5.88 Å². The molecule has 2 aromatic rings. The molecule has 18 heavy (non-hydrogen) atoms. The van der Waals surface area contributed by atoms with Crippen molar-refractivity contribution in [2.24, 2.45) is 0 Å². The van der Waals surface area contributed by atoms with Gasteiger partial charge in [-0.3, -0.25) is 0 Å². The van der Waals surface area contributed by atoms with Gasteiger partial charge in [0.05, 0.1) is 12.8 Å². The van der Waals surface area contributed by atoms with Crippen LogP contribution in [0.4, 0.5) is 11.5 Å². The number of nitrogens with zero attached hydrogens (tertiary/aromatic N) is 1. The third kappa shape index (κ3) is 2.92. The molecule has 4 nitrogen and oxygen atoms in total. The summed E-state index contributed by atoms with van der Waals surface area (Å²) < 4.78 is 6.15. The molecule has 0 atom stereocenters. The lowest BCUT2D eigenvalue weighted by molar-refractivity contribution is 0.401. The van der Waals surface area contributed by atoms with Gasteiger partial charge in [0.25, 0.3) is 0 Å². The highest BCUT2D eigenvalue weighted by atomic mass is 79.9. The van der Waals surface area contributed by atoms with Gasteiger partial charge in [-0.25, -0.2) is 0 Å². The van der Waals surface area contributed by atoms with Crippen LogP contribution < -0.4 is 15.8 Å². The number of hydrogen-bond donors (Lipinski definition) is 2. The average Bonchev–Trinajstić information content (AvgIpc) is 2.39. The normalized spacial score (nSPS) is 10.1. The van der Waals surface area contributed by atoms with Gasteiger partial charge in [-0.15, -0.1) is 0 Å². The van der Waals surface area contributed by atoms with Gasteiger partial charge in [0.2, 0.25) is 5.88 Å². The number of hydrogen-bond acceptors (Lipinski definition) is 4. The van der Waals surface area contributed by atoms with Crippen LogP contribution in [0.15, 0.2) is 40.9 Å². The average molecular weight is 308 g/mol. The van der Waals surface area contributed by atoms with Crippen molar-refractivity contribution in [3.05, 3.63) is 46.4 Å². The lowest BCUT2D eigenvalue weighted by Gasteiger charge is -2.09. The first kappa shape index (κ1) is 12.7. The molecular weight excluding hydrogens is 294 g/mol. The number of aromatic nitrogens is 1. The summed E-state index contributed by atoms with van der Waals surface area (Å²) in [6.45, 7) is 0.682. The summed E-state index contributed by atoms with van der Waals surface area (Å²) >= 11 is 3.50. The van der Waals surface area contributed by atoms with Crippen LogP contribution in [-0.4, -0.2) is 12.1 Å². The summed E-state index contributed by atoms with van der Waals surface area (Å²) in [7, 11) is 1.55. The van der Waals surface area contributed by atoms with Crippen molar-refractivity contribution in [2.45, 2.75) is 6.54 Å². The summed E-state index contributed by atoms with van der Waals surface area (Å²) in [5.41, 5.74) is 7.40. The van der Waals surface area contributed by atoms with Gasteiger partial charge >= 0.3 is 0 Å². The largest absolute Gasteiger partial charge is 0.479 e. The summed E-state index contributed by atoms with van der Waals surface area (Å²) in [6.07, 6.45) is 0. The van der Waals surface area contributed by atoms with E-state index in [1.165, 1.54) is 0 Å². The van der Waals surface area contributed by atoms with E-state index in [1.54, 1.807) is 13.2 Å². The Bertz CT molecular complexity index is 546. The first-order valence-electron chi connectivity index (χ1n) is 5.48. The SMILES string of the molecule is COc1nc(NCc2ccccc2Br)ccc1N. The predicted octanol–water partition coefficient (Wildman–Crippen LogP) is 3.05. The number of nitrogen functional groups attached to an aromatic ring is 1. The van der Waals surface area contributed by atoms with Crippen LogP contribution in [0.3, 0.4) is 0 Å². The van der Waals surface area contributed by atoms with Gasteiger partial charge in [-0.05, 0) is 23.8 Å². The summed E-state index contributed by atoms with van der Waals surface area (Å²) in [6, 6.07) is 11.6. The fraction of sp³-hybridized carbons (Fsp3) is 0.154. The standard InChI is InChI=1S/C13H14BrN3O/c1-18-13-11(15)6-7-12(17-13)16-8-9-4-2-3-5-10(9)14/h2-7H,8,15H2,1H3,(H,16,17). The van der Waals surface area contributed by atoms with Gasteiger partial charge in [0.15, 0.2) is 0 Å². The van der Waals surface area contributed by atoms with Gasteiger partial charge < -0.3 is 15.8 Å². The molecule has 0 aliphatic carbocycles. The highest BCUT2D eigenvalue weighted by Gasteiger charge is 2.03. The molecule has 1 aromatic heterocycles. The molecule has 0 saturated heterocycles. The molecule has 0 radical (unpaired) electrons. The second-order valence-electron chi connectivity index (χ2n) is 3.74. The first-order valence-corrected chi connectivity index (χ1v) is 6.28. The molecule has 0 spiro atoms. The molecule has 5 heteroatoms. The van der Waals surface area contributed by atoms with Crippen molar-refractivity contribution in [1.29, 1.82) is 0 Å². The van der Waals surface area contributed by atoms with Crippen LogP contribution in [0.1, 0.15) is 5.56 Å². The number of pyridine rings is 1. The molecule has 94 valence electrons. The van der Waals surface area contributed by atoms with E-state index >= 15 is 0 Å². The Morgan fingerprint density at radius 3 is 2.78 bits per heavy atom. The van der Waals surface area contributed by atoms with E-state index in [1.807, 2.05) is 30.3 Å². The summed E-state index contributed by atoms with van der Waals surface area (Å²) in [4.78, 5) is 4.26. The van der Waals surface area contributed by atoms with Crippen molar-refractivity contribution in [2.75, 3.05) is 18.2 Å². The van der Waals surface area contributed by atoms with Crippen LogP contribution >= 0.6 is 15.9 Å². The van der Waals surface area contributed by atoms with E-state index in [4.69, 9.17) is 10.5 Å². The van der Waals surface area contributed by atoms with Crippen molar-refractivity contribution in [1.82, 2.24) is 4.98 Å². The second-order valence-corrected chi connectivity index (χ2v) is 4.59. The maximum absolute atomic E-state index is 5.71. The molecule has 0 aliphatic heterocycles. The number of benzene rings is 1. The lowest BCUT2D eigenvalue weighted by atomic mass is 10.2. The lowest BCUT2D eigenvalue weighted by Crippen LogP contribution is -2.04. The topological polar surface area (TPSA) is 60.2 Å². The van der Waals surface area contributed by atoms with Crippen LogP contribution in [0.25, 0.3) is 0 Å². The molecule has 0 aliphatic rings. The number of anilines is 2. The number of ether oxygens (including phenoxy) is 1. The van der Waals surface area contributed by atoms with Gasteiger partial charge in [-0.2, -0.15) is 4.98 Å². The Hall–Kier alpha value is -1.75. The number of rotatable bonds is 4. The Morgan fingerprint density at radius 2 is 2.06 bits per heavy atom. The number of methoxy groups -OCH3 is 1. The fourth-order valence-corrected chi connectivity index (χ4v) is 1.97. The molecule has 1 aromatic carbocycles. The summed E-state index contributed by atoms with van der Waals surface area (Å²) in [5, 5.41) is 3.23. The Labute approximate surface area is 114 Å². The predicted molar refractivity (Wildman–Crippen MR) is 76.7 cm³/mol. The minimum absolute atomic E-state index is 0.437. The maximum atomic E-state index is 5.71. The Balaban J connectivity index is 2.09. The van der Waals surface area contributed by atoms with E-state index in [0.717, 1.165) is 15.9 Å². The Kier molecular flexibility index (Phi) is 4.04. The quantitative estimate of drug-likeness (QED) is 0.911. The zero-order valence-electron chi connectivity index (χ0n) is 9.98. The van der Waals surface area contributed by atoms with E-state index in [-0.39, 0.29) is 0 Å². The first-order chi connectivity index (χ1) is 8.70. The Morgan fingerprint density at radius 1 is 1.28 bits per heavy atom. The van der Waals surface area contributed by atoms with Crippen LogP contribution in [0.2, 0.25) is 0 Å². The zero-order valence-corrected chi connectivity index (χ0v) is 11.6. The zero-order chi connectivity index (χ0) is 13.0. The monoisotopic (exact) mass is 307 g/mol. The van der Waals surface area contributed by atoms with Crippen LogP contribution in [0, 0.1) is 0 Å². The van der Waals surface area contributed by atoms with E-state index in [0.29, 0.717) is 18.1 Å². The molecule has 0 saturated carbocycles. The van der Waals surface area contributed by atoms with Gasteiger partial charge in [-0.1, -0.05) is 34.1 Å². The van der Waals surface area contributed by atoms with Crippen LogP contribution in [-0.2, 0) is 6.54 Å². The summed E-state index contributed by atoms with van der Waals surface area (Å²) in [5.74, 6) is 1.17. The van der Waals surface area contributed by atoms with E-state index < -0.39 is 0 Å². The highest BCUT2D eigenvalue weighted by molar-refractivity contribution is 9.10. The fourth-order valence-electron chi connectivity index (χ4n) is 1.54. The van der Waals surface area contributed by atoms with E-state index in [2.05, 4.69) is 26.2 Å². The molecular formula is C13H14BrN3O. The molecule has 0 unspecified atom stereocenters. The van der Waals surface area contributed by atoms with Gasteiger partial charge in [0, 0.05) is 11.0 Å². The van der Waals surface area contributed by atoms with E-state index in [9.17, 15) is 0 Å². The molecule has 3 N–H and O–H groups in total. The van der Waals surface area contributed by atoms with Crippen molar-refractivity contribution >= 4 is 27.4 Å². The minimum atomic E-state index is 0.437.